The van der Waals surface area contributed by atoms with E-state index in [-0.39, 0.29) is 29.2 Å². The van der Waals surface area contributed by atoms with Crippen molar-refractivity contribution in [2.75, 3.05) is 31.6 Å². The maximum atomic E-state index is 12.6. The van der Waals surface area contributed by atoms with Gasteiger partial charge in [0.25, 0.3) is 5.69 Å². The van der Waals surface area contributed by atoms with Gasteiger partial charge in [-0.25, -0.2) is 8.42 Å². The van der Waals surface area contributed by atoms with E-state index in [4.69, 9.17) is 4.74 Å². The standard InChI is InChI=1S/C15H23N3O5S/c1-4-15(2,3)16-13-6-5-12(11-14(13)18(19)20)24(21,22)17-7-9-23-10-8-17/h5-6,11,16H,4,7-10H2,1-3H3. The molecule has 0 radical (unpaired) electrons. The van der Waals surface area contributed by atoms with Gasteiger partial charge in [0, 0.05) is 24.7 Å². The minimum Gasteiger partial charge on any atom is -0.379 e. The predicted molar refractivity (Wildman–Crippen MR) is 90.7 cm³/mol. The quantitative estimate of drug-likeness (QED) is 0.619. The number of morpholine rings is 1. The molecule has 1 saturated heterocycles. The van der Waals surface area contributed by atoms with E-state index in [0.29, 0.717) is 18.9 Å². The third-order valence-corrected chi connectivity index (χ3v) is 6.03. The zero-order valence-corrected chi connectivity index (χ0v) is 14.9. The van der Waals surface area contributed by atoms with Crippen LogP contribution in [0.15, 0.2) is 23.1 Å². The Hall–Kier alpha value is -1.71. The van der Waals surface area contributed by atoms with E-state index < -0.39 is 14.9 Å². The molecule has 0 bridgehead atoms. The van der Waals surface area contributed by atoms with Gasteiger partial charge >= 0.3 is 0 Å². The van der Waals surface area contributed by atoms with Crippen LogP contribution in [0.2, 0.25) is 0 Å². The summed E-state index contributed by atoms with van der Waals surface area (Å²) in [6.45, 7) is 6.97. The van der Waals surface area contributed by atoms with E-state index in [1.54, 1.807) is 0 Å². The summed E-state index contributed by atoms with van der Waals surface area (Å²) in [7, 11) is -3.76. The van der Waals surface area contributed by atoms with Crippen LogP contribution >= 0.6 is 0 Å². The molecule has 0 aromatic heterocycles. The molecular formula is C15H23N3O5S. The number of ether oxygens (including phenoxy) is 1. The monoisotopic (exact) mass is 357 g/mol. The first-order chi connectivity index (χ1) is 11.2. The highest BCUT2D eigenvalue weighted by atomic mass is 32.2. The summed E-state index contributed by atoms with van der Waals surface area (Å²) in [5, 5.41) is 14.5. The van der Waals surface area contributed by atoms with Crippen molar-refractivity contribution in [2.24, 2.45) is 0 Å². The number of nitrogens with one attached hydrogen (secondary N) is 1. The highest BCUT2D eigenvalue weighted by Gasteiger charge is 2.29. The van der Waals surface area contributed by atoms with Crippen molar-refractivity contribution in [1.29, 1.82) is 0 Å². The van der Waals surface area contributed by atoms with Gasteiger partial charge < -0.3 is 10.1 Å². The molecule has 0 amide bonds. The molecule has 1 heterocycles. The lowest BCUT2D eigenvalue weighted by molar-refractivity contribution is -0.384. The summed E-state index contributed by atoms with van der Waals surface area (Å²) in [6, 6.07) is 3.99. The van der Waals surface area contributed by atoms with Crippen LogP contribution in [0.4, 0.5) is 11.4 Å². The fourth-order valence-corrected chi connectivity index (χ4v) is 3.75. The minimum atomic E-state index is -3.76. The van der Waals surface area contributed by atoms with Gasteiger partial charge in [0.05, 0.1) is 23.0 Å². The molecule has 0 spiro atoms. The third kappa shape index (κ3) is 4.03. The van der Waals surface area contributed by atoms with Crippen LogP contribution in [0, 0.1) is 10.1 Å². The number of hydrogen-bond donors (Lipinski definition) is 1. The molecule has 134 valence electrons. The van der Waals surface area contributed by atoms with Crippen molar-refractivity contribution >= 4 is 21.4 Å². The maximum absolute atomic E-state index is 12.6. The van der Waals surface area contributed by atoms with Gasteiger partial charge in [0.15, 0.2) is 0 Å². The Kier molecular flexibility index (Phi) is 5.46. The van der Waals surface area contributed by atoms with Crippen LogP contribution in [0.25, 0.3) is 0 Å². The summed E-state index contributed by atoms with van der Waals surface area (Å²) in [6.07, 6.45) is 0.762. The van der Waals surface area contributed by atoms with Crippen molar-refractivity contribution in [3.63, 3.8) is 0 Å². The number of anilines is 1. The van der Waals surface area contributed by atoms with Gasteiger partial charge in [-0.2, -0.15) is 4.31 Å². The van der Waals surface area contributed by atoms with E-state index in [9.17, 15) is 18.5 Å². The predicted octanol–water partition coefficient (Wildman–Crippen LogP) is 2.22. The van der Waals surface area contributed by atoms with Crippen molar-refractivity contribution in [3.8, 4) is 0 Å². The molecule has 1 aliphatic rings. The van der Waals surface area contributed by atoms with Gasteiger partial charge in [-0.15, -0.1) is 0 Å². The molecule has 1 fully saturated rings. The second-order valence-corrected chi connectivity index (χ2v) is 8.25. The molecule has 24 heavy (non-hydrogen) atoms. The molecule has 1 aromatic carbocycles. The molecule has 0 saturated carbocycles. The van der Waals surface area contributed by atoms with Crippen LogP contribution < -0.4 is 5.32 Å². The molecule has 1 N–H and O–H groups in total. The van der Waals surface area contributed by atoms with Crippen molar-refractivity contribution in [2.45, 2.75) is 37.6 Å². The lowest BCUT2D eigenvalue weighted by atomic mass is 10.0. The average molecular weight is 357 g/mol. The fraction of sp³-hybridized carbons (Fsp3) is 0.600. The summed E-state index contributed by atoms with van der Waals surface area (Å²) < 4.78 is 31.7. The normalized spacial score (nSPS) is 16.8. The number of nitro benzene ring substituents is 1. The SMILES string of the molecule is CCC(C)(C)Nc1ccc(S(=O)(=O)N2CCOCC2)cc1[N+](=O)[O-]. The lowest BCUT2D eigenvalue weighted by Crippen LogP contribution is -2.40. The van der Waals surface area contributed by atoms with Crippen molar-refractivity contribution in [3.05, 3.63) is 28.3 Å². The molecule has 1 aromatic rings. The van der Waals surface area contributed by atoms with Crippen LogP contribution in [0.3, 0.4) is 0 Å². The maximum Gasteiger partial charge on any atom is 0.293 e. The molecule has 9 heteroatoms. The summed E-state index contributed by atoms with van der Waals surface area (Å²) in [5.41, 5.74) is -0.270. The highest BCUT2D eigenvalue weighted by Crippen LogP contribution is 2.31. The first-order valence-electron chi connectivity index (χ1n) is 7.82. The van der Waals surface area contributed by atoms with Gasteiger partial charge in [0.2, 0.25) is 10.0 Å². The van der Waals surface area contributed by atoms with Crippen molar-refractivity contribution < 1.29 is 18.1 Å². The lowest BCUT2D eigenvalue weighted by Gasteiger charge is -2.27. The van der Waals surface area contributed by atoms with Crippen LogP contribution in [-0.4, -0.2) is 49.5 Å². The fourth-order valence-electron chi connectivity index (χ4n) is 2.32. The summed E-state index contributed by atoms with van der Waals surface area (Å²) in [5.74, 6) is 0. The highest BCUT2D eigenvalue weighted by molar-refractivity contribution is 7.89. The number of nitro groups is 1. The number of hydrogen-bond acceptors (Lipinski definition) is 6. The Bertz CT molecular complexity index is 712. The third-order valence-electron chi connectivity index (χ3n) is 4.13. The van der Waals surface area contributed by atoms with Gasteiger partial charge in [-0.3, -0.25) is 10.1 Å². The van der Waals surface area contributed by atoms with Gasteiger partial charge in [-0.05, 0) is 32.4 Å². The second kappa shape index (κ2) is 7.04. The smallest absolute Gasteiger partial charge is 0.293 e. The molecule has 1 aliphatic heterocycles. The van der Waals surface area contributed by atoms with Gasteiger partial charge in [-0.1, -0.05) is 6.92 Å². The van der Waals surface area contributed by atoms with E-state index in [1.165, 1.54) is 16.4 Å². The molecule has 8 nitrogen and oxygen atoms in total. The first kappa shape index (κ1) is 18.6. The largest absolute Gasteiger partial charge is 0.379 e. The van der Waals surface area contributed by atoms with E-state index in [2.05, 4.69) is 5.32 Å². The summed E-state index contributed by atoms with van der Waals surface area (Å²) >= 11 is 0. The number of benzene rings is 1. The summed E-state index contributed by atoms with van der Waals surface area (Å²) in [4.78, 5) is 10.8. The Morgan fingerprint density at radius 3 is 2.50 bits per heavy atom. The van der Waals surface area contributed by atoms with E-state index >= 15 is 0 Å². The van der Waals surface area contributed by atoms with E-state index in [0.717, 1.165) is 12.5 Å². The molecule has 2 rings (SSSR count). The Labute approximate surface area is 142 Å². The van der Waals surface area contributed by atoms with Crippen molar-refractivity contribution in [1.82, 2.24) is 4.31 Å². The number of sulfonamides is 1. The molecular weight excluding hydrogens is 334 g/mol. The van der Waals surface area contributed by atoms with E-state index in [1.807, 2.05) is 20.8 Å². The molecule has 0 aliphatic carbocycles. The second-order valence-electron chi connectivity index (χ2n) is 6.31. The minimum absolute atomic E-state index is 0.0732. The Balaban J connectivity index is 2.39. The Morgan fingerprint density at radius 2 is 1.96 bits per heavy atom. The molecule has 0 atom stereocenters. The number of nitrogens with zero attached hydrogens (tertiary/aromatic N) is 2. The zero-order chi connectivity index (χ0) is 18.0. The zero-order valence-electron chi connectivity index (χ0n) is 14.1. The topological polar surface area (TPSA) is 102 Å². The van der Waals surface area contributed by atoms with Crippen LogP contribution in [0.5, 0.6) is 0 Å². The first-order valence-corrected chi connectivity index (χ1v) is 9.26. The Morgan fingerprint density at radius 1 is 1.33 bits per heavy atom. The number of rotatable bonds is 6. The average Bonchev–Trinajstić information content (AvgIpc) is 2.55. The van der Waals surface area contributed by atoms with Crippen LogP contribution in [-0.2, 0) is 14.8 Å². The van der Waals surface area contributed by atoms with Gasteiger partial charge in [0.1, 0.15) is 5.69 Å². The molecule has 0 unspecified atom stereocenters. The van der Waals surface area contributed by atoms with Crippen LogP contribution in [0.1, 0.15) is 27.2 Å².